The summed E-state index contributed by atoms with van der Waals surface area (Å²) in [5, 5.41) is 2.94. The molecular formula is C17H27BN2O. The van der Waals surface area contributed by atoms with Crippen molar-refractivity contribution in [2.45, 2.75) is 45.4 Å². The van der Waals surface area contributed by atoms with Crippen LogP contribution < -0.4 is 10.8 Å². The predicted octanol–water partition coefficient (Wildman–Crippen LogP) is 1.84. The van der Waals surface area contributed by atoms with Gasteiger partial charge in [0.1, 0.15) is 7.85 Å². The van der Waals surface area contributed by atoms with Crippen LogP contribution in [0.25, 0.3) is 0 Å². The van der Waals surface area contributed by atoms with Gasteiger partial charge in [0.15, 0.2) is 0 Å². The van der Waals surface area contributed by atoms with Crippen molar-refractivity contribution in [3.8, 4) is 0 Å². The summed E-state index contributed by atoms with van der Waals surface area (Å²) in [4.78, 5) is 15.7. The highest BCUT2D eigenvalue weighted by Crippen LogP contribution is 2.00. The fourth-order valence-electron chi connectivity index (χ4n) is 2.15. The van der Waals surface area contributed by atoms with Gasteiger partial charge >= 0.3 is 0 Å². The van der Waals surface area contributed by atoms with E-state index in [1.807, 2.05) is 13.1 Å². The molecule has 3 nitrogen and oxygen atoms in total. The van der Waals surface area contributed by atoms with Crippen LogP contribution in [0.2, 0.25) is 0 Å². The van der Waals surface area contributed by atoms with Crippen LogP contribution >= 0.6 is 0 Å². The van der Waals surface area contributed by atoms with Crippen LogP contribution in [0.4, 0.5) is 0 Å². The number of hydrogen-bond donors (Lipinski definition) is 1. The molecule has 4 heteroatoms. The van der Waals surface area contributed by atoms with E-state index < -0.39 is 0 Å². The summed E-state index contributed by atoms with van der Waals surface area (Å²) in [7, 11) is 2.09. The number of rotatable bonds is 10. The van der Waals surface area contributed by atoms with E-state index in [4.69, 9.17) is 0 Å². The summed E-state index contributed by atoms with van der Waals surface area (Å²) < 4.78 is 0. The van der Waals surface area contributed by atoms with Gasteiger partial charge in [0.25, 0.3) is 0 Å². The first-order valence-electron chi connectivity index (χ1n) is 8.05. The molecule has 0 atom stereocenters. The van der Waals surface area contributed by atoms with E-state index in [1.165, 1.54) is 17.4 Å². The van der Waals surface area contributed by atoms with Crippen molar-refractivity contribution in [2.24, 2.45) is 4.99 Å². The molecule has 0 aromatic heterocycles. The molecular weight excluding hydrogens is 259 g/mol. The van der Waals surface area contributed by atoms with Gasteiger partial charge in [0.2, 0.25) is 5.91 Å². The smallest absolute Gasteiger partial charge is 0.219 e. The Morgan fingerprint density at radius 1 is 1.29 bits per heavy atom. The topological polar surface area (TPSA) is 41.5 Å². The maximum atomic E-state index is 11.2. The second-order valence-electron chi connectivity index (χ2n) is 5.46. The standard InChI is InChI=1S/C17H27BN2O/c1-2-8-17(21)20-12-6-4-3-5-11-19-14-15-9-7-10-16(18)13-15/h7,9-10,13-14H,2-6,8,11-12,18H2,1H3,(H,20,21)/b19-14+. The number of carbonyl (C=O) groups is 1. The average Bonchev–Trinajstić information content (AvgIpc) is 2.46. The van der Waals surface area contributed by atoms with Crippen molar-refractivity contribution in [3.05, 3.63) is 29.8 Å². The van der Waals surface area contributed by atoms with Gasteiger partial charge in [-0.2, -0.15) is 0 Å². The number of hydrogen-bond acceptors (Lipinski definition) is 2. The summed E-state index contributed by atoms with van der Waals surface area (Å²) in [6.07, 6.45) is 8.04. The van der Waals surface area contributed by atoms with E-state index in [2.05, 4.69) is 42.4 Å². The lowest BCUT2D eigenvalue weighted by Gasteiger charge is -2.03. The summed E-state index contributed by atoms with van der Waals surface area (Å²) in [6, 6.07) is 8.37. The van der Waals surface area contributed by atoms with Crippen LogP contribution in [0.15, 0.2) is 29.3 Å². The lowest BCUT2D eigenvalue weighted by molar-refractivity contribution is -0.121. The zero-order valence-corrected chi connectivity index (χ0v) is 13.4. The summed E-state index contributed by atoms with van der Waals surface area (Å²) in [5.41, 5.74) is 2.44. The second kappa shape index (κ2) is 11.1. The Morgan fingerprint density at radius 2 is 2.10 bits per heavy atom. The highest BCUT2D eigenvalue weighted by Gasteiger charge is 1.97. The van der Waals surface area contributed by atoms with Crippen molar-refractivity contribution in [3.63, 3.8) is 0 Å². The fourth-order valence-corrected chi connectivity index (χ4v) is 2.15. The highest BCUT2D eigenvalue weighted by molar-refractivity contribution is 6.32. The number of benzene rings is 1. The average molecular weight is 286 g/mol. The number of nitrogens with one attached hydrogen (secondary N) is 1. The van der Waals surface area contributed by atoms with E-state index in [1.54, 1.807) is 0 Å². The third kappa shape index (κ3) is 9.06. The Bertz CT molecular complexity index is 446. The zero-order chi connectivity index (χ0) is 15.3. The number of carbonyl (C=O) groups excluding carboxylic acids is 1. The second-order valence-corrected chi connectivity index (χ2v) is 5.46. The van der Waals surface area contributed by atoms with Crippen LogP contribution in [0.1, 0.15) is 51.0 Å². The van der Waals surface area contributed by atoms with Crippen molar-refractivity contribution in [2.75, 3.05) is 13.1 Å². The summed E-state index contributed by atoms with van der Waals surface area (Å²) in [5.74, 6) is 0.181. The Kier molecular flexibility index (Phi) is 9.26. The monoisotopic (exact) mass is 286 g/mol. The maximum absolute atomic E-state index is 11.2. The van der Waals surface area contributed by atoms with Crippen LogP contribution in [0, 0.1) is 0 Å². The van der Waals surface area contributed by atoms with Crippen LogP contribution in [-0.2, 0) is 4.79 Å². The normalized spacial score (nSPS) is 10.9. The number of unbranched alkanes of at least 4 members (excludes halogenated alkanes) is 3. The third-order valence-electron chi connectivity index (χ3n) is 3.30. The molecule has 1 amide bonds. The molecule has 0 heterocycles. The molecule has 0 aliphatic rings. The quantitative estimate of drug-likeness (QED) is 0.398. The Labute approximate surface area is 129 Å². The molecule has 0 aliphatic heterocycles. The molecule has 0 radical (unpaired) electrons. The Morgan fingerprint density at radius 3 is 2.86 bits per heavy atom. The van der Waals surface area contributed by atoms with Crippen LogP contribution in [-0.4, -0.2) is 33.1 Å². The largest absolute Gasteiger partial charge is 0.356 e. The molecule has 0 unspecified atom stereocenters. The summed E-state index contributed by atoms with van der Waals surface area (Å²) in [6.45, 7) is 3.72. The minimum atomic E-state index is 0.181. The van der Waals surface area contributed by atoms with Gasteiger partial charge in [-0.25, -0.2) is 0 Å². The van der Waals surface area contributed by atoms with Crippen LogP contribution in [0.5, 0.6) is 0 Å². The van der Waals surface area contributed by atoms with Gasteiger partial charge in [0, 0.05) is 25.7 Å². The highest BCUT2D eigenvalue weighted by atomic mass is 16.1. The predicted molar refractivity (Wildman–Crippen MR) is 93.5 cm³/mol. The van der Waals surface area contributed by atoms with Gasteiger partial charge in [-0.05, 0) is 24.8 Å². The fraction of sp³-hybridized carbons (Fsp3) is 0.529. The minimum absolute atomic E-state index is 0.181. The molecule has 0 spiro atoms. The molecule has 0 bridgehead atoms. The van der Waals surface area contributed by atoms with Crippen molar-refractivity contribution in [1.82, 2.24) is 5.32 Å². The molecule has 114 valence electrons. The number of aliphatic imine (C=N–C) groups is 1. The lowest BCUT2D eigenvalue weighted by atomic mass is 9.95. The van der Waals surface area contributed by atoms with Gasteiger partial charge < -0.3 is 5.32 Å². The molecule has 21 heavy (non-hydrogen) atoms. The third-order valence-corrected chi connectivity index (χ3v) is 3.30. The molecule has 1 N–H and O–H groups in total. The first-order chi connectivity index (χ1) is 10.2. The van der Waals surface area contributed by atoms with Crippen LogP contribution in [0.3, 0.4) is 0 Å². The molecule has 0 fully saturated rings. The Balaban J connectivity index is 1.98. The van der Waals surface area contributed by atoms with E-state index in [9.17, 15) is 4.79 Å². The first-order valence-corrected chi connectivity index (χ1v) is 8.05. The van der Waals surface area contributed by atoms with E-state index >= 15 is 0 Å². The van der Waals surface area contributed by atoms with Crippen molar-refractivity contribution in [1.29, 1.82) is 0 Å². The molecule has 1 rings (SSSR count). The maximum Gasteiger partial charge on any atom is 0.219 e. The summed E-state index contributed by atoms with van der Waals surface area (Å²) >= 11 is 0. The van der Waals surface area contributed by atoms with Gasteiger partial charge in [-0.3, -0.25) is 9.79 Å². The van der Waals surface area contributed by atoms with E-state index in [0.29, 0.717) is 6.42 Å². The Hall–Kier alpha value is -1.58. The lowest BCUT2D eigenvalue weighted by Crippen LogP contribution is -2.23. The zero-order valence-electron chi connectivity index (χ0n) is 13.4. The van der Waals surface area contributed by atoms with E-state index in [-0.39, 0.29) is 5.91 Å². The van der Waals surface area contributed by atoms with Gasteiger partial charge in [-0.15, -0.1) is 0 Å². The minimum Gasteiger partial charge on any atom is -0.356 e. The molecule has 0 saturated heterocycles. The molecule has 1 aromatic rings. The van der Waals surface area contributed by atoms with E-state index in [0.717, 1.165) is 38.8 Å². The van der Waals surface area contributed by atoms with Gasteiger partial charge in [0.05, 0.1) is 0 Å². The molecule has 0 saturated carbocycles. The van der Waals surface area contributed by atoms with Gasteiger partial charge in [-0.1, -0.05) is 49.5 Å². The van der Waals surface area contributed by atoms with Crippen molar-refractivity contribution >= 4 is 25.4 Å². The molecule has 1 aromatic carbocycles. The molecule has 0 aliphatic carbocycles. The number of nitrogens with zero attached hydrogens (tertiary/aromatic N) is 1. The number of amides is 1. The van der Waals surface area contributed by atoms with Crippen molar-refractivity contribution < 1.29 is 4.79 Å². The SMILES string of the molecule is Bc1cccc(/C=N/CCCCCCNC(=O)CCC)c1. The first kappa shape index (κ1) is 17.5.